The highest BCUT2D eigenvalue weighted by Crippen LogP contribution is 2.36. The Morgan fingerprint density at radius 3 is 2.40 bits per heavy atom. The van der Waals surface area contributed by atoms with Gasteiger partial charge in [-0.15, -0.1) is 0 Å². The molecule has 0 aromatic heterocycles. The second kappa shape index (κ2) is 7.56. The Bertz CT molecular complexity index is 609. The van der Waals surface area contributed by atoms with Gasteiger partial charge in [0.05, 0.1) is 12.5 Å². The van der Waals surface area contributed by atoms with E-state index in [2.05, 4.69) is 13.8 Å². The number of rotatable bonds is 5. The van der Waals surface area contributed by atoms with Crippen LogP contribution in [-0.2, 0) is 20.7 Å². The van der Waals surface area contributed by atoms with Crippen molar-refractivity contribution < 1.29 is 14.3 Å². The van der Waals surface area contributed by atoms with Crippen LogP contribution in [0.5, 0.6) is 0 Å². The highest BCUT2D eigenvalue weighted by Gasteiger charge is 2.52. The number of methoxy groups -OCH3 is 1. The lowest BCUT2D eigenvalue weighted by Gasteiger charge is -2.53. The summed E-state index contributed by atoms with van der Waals surface area (Å²) in [4.78, 5) is 28.6. The van der Waals surface area contributed by atoms with E-state index >= 15 is 0 Å². The molecule has 0 N–H and O–H groups in total. The van der Waals surface area contributed by atoms with Crippen LogP contribution in [0.25, 0.3) is 0 Å². The molecular formula is C20H28N2O3. The van der Waals surface area contributed by atoms with Crippen LogP contribution in [-0.4, -0.2) is 60.0 Å². The monoisotopic (exact) mass is 344 g/mol. The second-order valence-electron chi connectivity index (χ2n) is 7.37. The fraction of sp³-hybridized carbons (Fsp3) is 0.600. The van der Waals surface area contributed by atoms with Crippen molar-refractivity contribution in [1.29, 1.82) is 0 Å². The van der Waals surface area contributed by atoms with Crippen LogP contribution >= 0.6 is 0 Å². The minimum atomic E-state index is -0.307. The molecule has 2 atom stereocenters. The first-order valence-electron chi connectivity index (χ1n) is 9.19. The van der Waals surface area contributed by atoms with Gasteiger partial charge in [0, 0.05) is 26.2 Å². The van der Waals surface area contributed by atoms with E-state index in [1.807, 2.05) is 40.1 Å². The van der Waals surface area contributed by atoms with Gasteiger partial charge >= 0.3 is 0 Å². The van der Waals surface area contributed by atoms with E-state index < -0.39 is 0 Å². The molecule has 3 rings (SSSR count). The Kier molecular flexibility index (Phi) is 5.42. The van der Waals surface area contributed by atoms with Crippen molar-refractivity contribution in [1.82, 2.24) is 9.80 Å². The van der Waals surface area contributed by atoms with E-state index in [0.29, 0.717) is 12.3 Å². The summed E-state index contributed by atoms with van der Waals surface area (Å²) >= 11 is 0. The van der Waals surface area contributed by atoms with Crippen molar-refractivity contribution in [3.05, 3.63) is 35.9 Å². The van der Waals surface area contributed by atoms with E-state index in [1.165, 1.54) is 0 Å². The molecular weight excluding hydrogens is 316 g/mol. The van der Waals surface area contributed by atoms with Crippen LogP contribution in [0.1, 0.15) is 32.3 Å². The van der Waals surface area contributed by atoms with Crippen molar-refractivity contribution in [3.63, 3.8) is 0 Å². The lowest BCUT2D eigenvalue weighted by Crippen LogP contribution is -2.70. The van der Waals surface area contributed by atoms with Crippen LogP contribution in [0.15, 0.2) is 30.3 Å². The fourth-order valence-corrected chi connectivity index (χ4v) is 4.19. The first-order valence-corrected chi connectivity index (χ1v) is 9.19. The summed E-state index contributed by atoms with van der Waals surface area (Å²) in [6.45, 7) is 5.64. The number of carbonyl (C=O) groups is 2. The van der Waals surface area contributed by atoms with Gasteiger partial charge in [0.15, 0.2) is 6.10 Å². The molecule has 1 aromatic rings. The van der Waals surface area contributed by atoms with E-state index in [4.69, 9.17) is 4.74 Å². The fourth-order valence-electron chi connectivity index (χ4n) is 4.19. The molecule has 25 heavy (non-hydrogen) atoms. The smallest absolute Gasteiger partial charge is 0.254 e. The predicted octanol–water partition coefficient (Wildman–Crippen LogP) is 2.10. The topological polar surface area (TPSA) is 49.9 Å². The maximum absolute atomic E-state index is 12.5. The van der Waals surface area contributed by atoms with Gasteiger partial charge in [-0.1, -0.05) is 30.3 Å². The molecule has 0 aliphatic carbocycles. The second-order valence-corrected chi connectivity index (χ2v) is 7.37. The molecule has 5 nitrogen and oxygen atoms in total. The van der Waals surface area contributed by atoms with Crippen molar-refractivity contribution >= 4 is 11.8 Å². The maximum Gasteiger partial charge on any atom is 0.254 e. The van der Waals surface area contributed by atoms with Crippen LogP contribution < -0.4 is 0 Å². The number of likely N-dealkylation sites (tertiary alicyclic amines) is 2. The first-order chi connectivity index (χ1) is 12.0. The largest absolute Gasteiger partial charge is 0.369 e. The van der Waals surface area contributed by atoms with Crippen molar-refractivity contribution in [3.8, 4) is 0 Å². The van der Waals surface area contributed by atoms with Gasteiger partial charge in [-0.25, -0.2) is 0 Å². The summed E-state index contributed by atoms with van der Waals surface area (Å²) in [6, 6.07) is 10.2. The Hall–Kier alpha value is -1.88. The minimum Gasteiger partial charge on any atom is -0.369 e. The number of ether oxygens (including phenoxy) is 1. The molecule has 136 valence electrons. The van der Waals surface area contributed by atoms with Crippen LogP contribution in [0.2, 0.25) is 0 Å². The van der Waals surface area contributed by atoms with Crippen LogP contribution in [0.3, 0.4) is 0 Å². The summed E-state index contributed by atoms with van der Waals surface area (Å²) in [5.74, 6) is 0.703. The Labute approximate surface area is 149 Å². The molecule has 2 fully saturated rings. The number of hydrogen-bond acceptors (Lipinski definition) is 3. The van der Waals surface area contributed by atoms with Gasteiger partial charge < -0.3 is 14.5 Å². The van der Waals surface area contributed by atoms with E-state index in [9.17, 15) is 9.59 Å². The Morgan fingerprint density at radius 2 is 1.84 bits per heavy atom. The molecule has 2 amide bonds. The van der Waals surface area contributed by atoms with Crippen molar-refractivity contribution in [2.24, 2.45) is 5.92 Å². The van der Waals surface area contributed by atoms with Gasteiger partial charge in [-0.2, -0.15) is 0 Å². The SMILES string of the molecule is CO[C@H]1C(=O)N(C(C)C)[C@H]1C1CCN(C(=O)Cc2ccccc2)CC1. The van der Waals surface area contributed by atoms with Crippen molar-refractivity contribution in [2.45, 2.75) is 51.3 Å². The Balaban J connectivity index is 1.56. The number of piperidine rings is 1. The molecule has 0 bridgehead atoms. The Morgan fingerprint density at radius 1 is 1.20 bits per heavy atom. The molecule has 0 spiro atoms. The highest BCUT2D eigenvalue weighted by atomic mass is 16.5. The number of carbonyl (C=O) groups excluding carboxylic acids is 2. The van der Waals surface area contributed by atoms with Gasteiger partial charge in [0.1, 0.15) is 0 Å². The van der Waals surface area contributed by atoms with E-state index in [-0.39, 0.29) is 30.0 Å². The molecule has 2 saturated heterocycles. The number of benzene rings is 1. The van der Waals surface area contributed by atoms with Crippen molar-refractivity contribution in [2.75, 3.05) is 20.2 Å². The number of amides is 2. The highest BCUT2D eigenvalue weighted by molar-refractivity contribution is 5.88. The number of β-lactam (4-membered cyclic amide) rings is 1. The van der Waals surface area contributed by atoms with E-state index in [0.717, 1.165) is 31.5 Å². The minimum absolute atomic E-state index is 0.102. The zero-order chi connectivity index (χ0) is 18.0. The van der Waals surface area contributed by atoms with E-state index in [1.54, 1.807) is 7.11 Å². The number of hydrogen-bond donors (Lipinski definition) is 0. The lowest BCUT2D eigenvalue weighted by atomic mass is 9.79. The molecule has 2 aliphatic rings. The van der Waals surface area contributed by atoms with Gasteiger partial charge in [0.2, 0.25) is 5.91 Å². The molecule has 2 heterocycles. The standard InChI is InChI=1S/C20H28N2O3/c1-14(2)22-18(19(25-3)20(22)24)16-9-11-21(12-10-16)17(23)13-15-7-5-4-6-8-15/h4-8,14,16,18-19H,9-13H2,1-3H3/t18-,19+/m0/s1. The average Bonchev–Trinajstić information content (AvgIpc) is 2.60. The van der Waals surface area contributed by atoms with Gasteiger partial charge in [-0.3, -0.25) is 9.59 Å². The van der Waals surface area contributed by atoms with Gasteiger partial charge in [0.25, 0.3) is 5.91 Å². The number of nitrogens with zero attached hydrogens (tertiary/aromatic N) is 2. The zero-order valence-electron chi connectivity index (χ0n) is 15.4. The quantitative estimate of drug-likeness (QED) is 0.769. The maximum atomic E-state index is 12.5. The summed E-state index contributed by atoms with van der Waals surface area (Å²) in [5, 5.41) is 0. The molecule has 0 saturated carbocycles. The predicted molar refractivity (Wildman–Crippen MR) is 96.0 cm³/mol. The van der Waals surface area contributed by atoms with Crippen LogP contribution in [0.4, 0.5) is 0 Å². The molecule has 2 aliphatic heterocycles. The molecule has 1 aromatic carbocycles. The molecule has 0 radical (unpaired) electrons. The van der Waals surface area contributed by atoms with Gasteiger partial charge in [-0.05, 0) is 38.2 Å². The average molecular weight is 344 g/mol. The summed E-state index contributed by atoms with van der Waals surface area (Å²) < 4.78 is 5.43. The zero-order valence-corrected chi connectivity index (χ0v) is 15.4. The summed E-state index contributed by atoms with van der Waals surface area (Å²) in [7, 11) is 1.62. The third kappa shape index (κ3) is 3.56. The van der Waals surface area contributed by atoms with Crippen LogP contribution in [0, 0.1) is 5.92 Å². The first kappa shape index (κ1) is 17.9. The molecule has 0 unspecified atom stereocenters. The third-order valence-corrected chi connectivity index (χ3v) is 5.51. The molecule has 5 heteroatoms. The summed E-state index contributed by atoms with van der Waals surface area (Å²) in [5.41, 5.74) is 1.06. The lowest BCUT2D eigenvalue weighted by molar-refractivity contribution is -0.182. The third-order valence-electron chi connectivity index (χ3n) is 5.51. The normalized spacial score (nSPS) is 24.6. The summed E-state index contributed by atoms with van der Waals surface area (Å²) in [6.07, 6.45) is 2.02.